The van der Waals surface area contributed by atoms with Crippen molar-refractivity contribution in [1.29, 1.82) is 0 Å². The van der Waals surface area contributed by atoms with E-state index in [4.69, 9.17) is 0 Å². The molecule has 1 saturated heterocycles. The van der Waals surface area contributed by atoms with Crippen LogP contribution in [0, 0.1) is 5.41 Å². The molecule has 1 aliphatic heterocycles. The molecule has 1 rings (SSSR count). The normalized spacial score (nSPS) is 19.2. The van der Waals surface area contributed by atoms with Crippen molar-refractivity contribution in [1.82, 2.24) is 10.6 Å². The molecule has 0 aromatic rings. The van der Waals surface area contributed by atoms with Gasteiger partial charge in [-0.1, -0.05) is 51.6 Å². The van der Waals surface area contributed by atoms with Gasteiger partial charge < -0.3 is 5.32 Å². The van der Waals surface area contributed by atoms with E-state index >= 15 is 0 Å². The highest BCUT2D eigenvalue weighted by Gasteiger charge is 2.25. The lowest BCUT2D eigenvalue weighted by atomic mass is 9.95. The molecule has 3 amide bonds. The van der Waals surface area contributed by atoms with E-state index in [2.05, 4.69) is 64.3 Å². The lowest BCUT2D eigenvalue weighted by Crippen LogP contribution is -2.50. The fourth-order valence-electron chi connectivity index (χ4n) is 1.85. The van der Waals surface area contributed by atoms with Crippen LogP contribution in [0.1, 0.15) is 60.8 Å². The molecule has 0 spiro atoms. The van der Waals surface area contributed by atoms with Gasteiger partial charge in [0.15, 0.2) is 0 Å². The Hall–Kier alpha value is -1.56. The van der Waals surface area contributed by atoms with Gasteiger partial charge in [0.2, 0.25) is 18.2 Å². The van der Waals surface area contributed by atoms with Gasteiger partial charge in [-0.25, -0.2) is 0 Å². The summed E-state index contributed by atoms with van der Waals surface area (Å²) in [6, 6.07) is -0.537. The molecular formula is C18H30N2O3S. The molecule has 24 heavy (non-hydrogen) atoms. The quantitative estimate of drug-likeness (QED) is 0.585. The number of carbonyl (C=O) groups is 3. The minimum absolute atomic E-state index is 0.279. The minimum Gasteiger partial charge on any atom is -0.347 e. The Morgan fingerprint density at radius 3 is 2.42 bits per heavy atom. The van der Waals surface area contributed by atoms with E-state index < -0.39 is 11.9 Å². The third kappa shape index (κ3) is 8.91. The first kappa shape index (κ1) is 22.4. The van der Waals surface area contributed by atoms with Crippen LogP contribution in [-0.4, -0.2) is 24.3 Å². The van der Waals surface area contributed by atoms with E-state index in [0.29, 0.717) is 12.8 Å². The van der Waals surface area contributed by atoms with Crippen LogP contribution in [0.5, 0.6) is 0 Å². The Morgan fingerprint density at radius 1 is 1.38 bits per heavy atom. The zero-order chi connectivity index (χ0) is 18.8. The number of hydrogen-bond acceptors (Lipinski definition) is 4. The molecule has 1 fully saturated rings. The molecule has 5 nitrogen and oxygen atoms in total. The first-order valence-electron chi connectivity index (χ1n) is 8.20. The molecule has 0 saturated carbocycles. The van der Waals surface area contributed by atoms with Gasteiger partial charge in [0, 0.05) is 6.42 Å². The van der Waals surface area contributed by atoms with Crippen LogP contribution in [0.15, 0.2) is 22.0 Å². The van der Waals surface area contributed by atoms with Gasteiger partial charge in [-0.15, -0.1) is 0 Å². The smallest absolute Gasteiger partial charge is 0.249 e. The molecule has 1 unspecified atom stereocenters. The topological polar surface area (TPSA) is 75.3 Å². The second kappa shape index (κ2) is 11.1. The van der Waals surface area contributed by atoms with Crippen LogP contribution >= 0.6 is 11.8 Å². The summed E-state index contributed by atoms with van der Waals surface area (Å²) in [7, 11) is 0. The van der Waals surface area contributed by atoms with Gasteiger partial charge in [-0.3, -0.25) is 19.7 Å². The molecule has 2 N–H and O–H groups in total. The fourth-order valence-corrected chi connectivity index (χ4v) is 2.87. The van der Waals surface area contributed by atoms with Gasteiger partial charge in [0.05, 0.1) is 0 Å². The summed E-state index contributed by atoms with van der Waals surface area (Å²) < 4.78 is 0. The molecule has 6 heteroatoms. The minimum atomic E-state index is -0.537. The summed E-state index contributed by atoms with van der Waals surface area (Å²) in [5, 5.41) is 4.42. The number of rotatable bonds is 5. The monoisotopic (exact) mass is 354 g/mol. The second-order valence-electron chi connectivity index (χ2n) is 6.52. The van der Waals surface area contributed by atoms with Crippen LogP contribution < -0.4 is 10.6 Å². The summed E-state index contributed by atoms with van der Waals surface area (Å²) in [6.07, 6.45) is 6.76. The maximum atomic E-state index is 10.8. The number of hydrogen-bond donors (Lipinski definition) is 2. The average molecular weight is 355 g/mol. The first-order chi connectivity index (χ1) is 11.1. The Kier molecular flexibility index (Phi) is 10.4. The molecule has 0 aromatic carbocycles. The van der Waals surface area contributed by atoms with Gasteiger partial charge in [0.1, 0.15) is 6.04 Å². The molecule has 1 aliphatic rings. The Labute approximate surface area is 149 Å². The van der Waals surface area contributed by atoms with E-state index in [0.717, 1.165) is 6.42 Å². The number of piperidine rings is 1. The molecule has 0 radical (unpaired) electrons. The molecule has 136 valence electrons. The Balaban J connectivity index is 0.000000446. The maximum Gasteiger partial charge on any atom is 0.249 e. The lowest BCUT2D eigenvalue weighted by molar-refractivity contribution is -0.135. The third-order valence-electron chi connectivity index (χ3n) is 3.31. The standard InChI is InChI=1S/C12H22S.C6H8N2O3/c1-7-9-11(12(4,5)6)13-10(3)8-2;9-3-7-4-1-2-5(10)8-6(4)11/h8-9H,7H2,1-6H3;3-4H,1-2H2,(H,7,9)(H,8,10,11)/b10-8-,11-9+;. The Morgan fingerprint density at radius 2 is 2.00 bits per heavy atom. The van der Waals surface area contributed by atoms with Crippen molar-refractivity contribution in [3.05, 3.63) is 22.0 Å². The van der Waals surface area contributed by atoms with E-state index in [-0.39, 0.29) is 17.7 Å². The van der Waals surface area contributed by atoms with Crippen LogP contribution in [0.3, 0.4) is 0 Å². The van der Waals surface area contributed by atoms with Crippen LogP contribution in [0.4, 0.5) is 0 Å². The highest BCUT2D eigenvalue weighted by atomic mass is 32.2. The van der Waals surface area contributed by atoms with Crippen molar-refractivity contribution in [2.75, 3.05) is 0 Å². The summed E-state index contributed by atoms with van der Waals surface area (Å²) in [5.74, 6) is -0.702. The summed E-state index contributed by atoms with van der Waals surface area (Å²) in [5.41, 5.74) is 0.283. The van der Waals surface area contributed by atoms with Crippen molar-refractivity contribution in [2.45, 2.75) is 66.8 Å². The molecule has 0 bridgehead atoms. The molecule has 1 heterocycles. The lowest BCUT2D eigenvalue weighted by Gasteiger charge is -2.22. The van der Waals surface area contributed by atoms with E-state index in [1.165, 1.54) is 9.81 Å². The van der Waals surface area contributed by atoms with Crippen LogP contribution in [0.2, 0.25) is 0 Å². The molecule has 0 aromatic heterocycles. The highest BCUT2D eigenvalue weighted by Crippen LogP contribution is 2.38. The van der Waals surface area contributed by atoms with Crippen molar-refractivity contribution >= 4 is 30.0 Å². The van der Waals surface area contributed by atoms with Gasteiger partial charge in [0.25, 0.3) is 0 Å². The molecular weight excluding hydrogens is 324 g/mol. The first-order valence-corrected chi connectivity index (χ1v) is 9.02. The van der Waals surface area contributed by atoms with Crippen molar-refractivity contribution in [3.63, 3.8) is 0 Å². The Bertz CT molecular complexity index is 505. The zero-order valence-corrected chi connectivity index (χ0v) is 16.4. The summed E-state index contributed by atoms with van der Waals surface area (Å²) in [6.45, 7) is 13.3. The SMILES string of the molecule is C/C=C(/C)S/C(=C/CC)C(C)(C)C.O=CNC1CCC(=O)NC1=O. The van der Waals surface area contributed by atoms with E-state index in [1.54, 1.807) is 0 Å². The number of nitrogens with one attached hydrogen (secondary N) is 2. The van der Waals surface area contributed by atoms with Gasteiger partial charge in [-0.2, -0.15) is 0 Å². The summed E-state index contributed by atoms with van der Waals surface area (Å²) in [4.78, 5) is 34.2. The number of amides is 3. The summed E-state index contributed by atoms with van der Waals surface area (Å²) >= 11 is 1.90. The molecule has 1 atom stereocenters. The number of imide groups is 1. The maximum absolute atomic E-state index is 10.8. The van der Waals surface area contributed by atoms with Crippen LogP contribution in [0.25, 0.3) is 0 Å². The predicted octanol–water partition coefficient (Wildman–Crippen LogP) is 3.52. The average Bonchev–Trinajstić information content (AvgIpc) is 2.49. The molecule has 0 aliphatic carbocycles. The third-order valence-corrected chi connectivity index (χ3v) is 4.87. The fraction of sp³-hybridized carbons (Fsp3) is 0.611. The number of carbonyl (C=O) groups excluding carboxylic acids is 3. The highest BCUT2D eigenvalue weighted by molar-refractivity contribution is 8.06. The second-order valence-corrected chi connectivity index (χ2v) is 7.80. The van der Waals surface area contributed by atoms with E-state index in [1.807, 2.05) is 11.8 Å². The van der Waals surface area contributed by atoms with E-state index in [9.17, 15) is 14.4 Å². The van der Waals surface area contributed by atoms with Crippen molar-refractivity contribution < 1.29 is 14.4 Å². The predicted molar refractivity (Wildman–Crippen MR) is 100 cm³/mol. The number of thioether (sulfide) groups is 1. The van der Waals surface area contributed by atoms with Gasteiger partial charge in [-0.05, 0) is 41.9 Å². The van der Waals surface area contributed by atoms with Crippen LogP contribution in [-0.2, 0) is 14.4 Å². The largest absolute Gasteiger partial charge is 0.347 e. The zero-order valence-electron chi connectivity index (χ0n) is 15.6. The number of allylic oxidation sites excluding steroid dienone is 4. The van der Waals surface area contributed by atoms with Crippen molar-refractivity contribution in [2.24, 2.45) is 5.41 Å². The van der Waals surface area contributed by atoms with Crippen molar-refractivity contribution in [3.8, 4) is 0 Å². The van der Waals surface area contributed by atoms with Gasteiger partial charge >= 0.3 is 0 Å².